The molecule has 2 bridgehead atoms. The van der Waals surface area contributed by atoms with E-state index in [0.29, 0.717) is 0 Å². The Morgan fingerprint density at radius 2 is 1.69 bits per heavy atom. The Bertz CT molecular complexity index is 1630. The van der Waals surface area contributed by atoms with Gasteiger partial charge in [-0.3, -0.25) is 24.2 Å². The topological polar surface area (TPSA) is 182 Å². The maximum Gasteiger partial charge on any atom is 0.339 e. The molecule has 1 N–H and O–H groups in total. The molecular weight excluding hydrogens is 662 g/mol. The third-order valence-electron chi connectivity index (χ3n) is 12.1. The standard InChI is InChI=1S/C38H49NO12/c1-10-19(3)33(44)50-30-24(17-47-34(45)23-13-12-14-39-16-23)29(48-21(5)40)26-31-35(7,8)38(31,51-22(6)41)18-36(9,46)37(32(26)43)15-20(4)28(27(30)37)49-25(42)11-2/h10,12-14,16,20,24,26-31,46H,11,15,17-18H2,1-9H3/b19-10-/t20-,24+,26?,27?,28-,29+,30+,31?,36+,37?,38+/m1/s1. The van der Waals surface area contributed by atoms with Crippen LogP contribution in [0.15, 0.2) is 36.2 Å². The highest BCUT2D eigenvalue weighted by Crippen LogP contribution is 2.77. The molecule has 1 spiro atoms. The van der Waals surface area contributed by atoms with Gasteiger partial charge in [-0.15, -0.1) is 0 Å². The number of aromatic nitrogens is 1. The van der Waals surface area contributed by atoms with Crippen molar-refractivity contribution < 1.29 is 57.6 Å². The van der Waals surface area contributed by atoms with Gasteiger partial charge < -0.3 is 28.8 Å². The minimum atomic E-state index is -1.94. The number of hydrogen-bond donors (Lipinski definition) is 1. The van der Waals surface area contributed by atoms with Crippen molar-refractivity contribution in [2.75, 3.05) is 6.61 Å². The summed E-state index contributed by atoms with van der Waals surface area (Å²) in [6.45, 7) is 13.7. The highest BCUT2D eigenvalue weighted by Gasteiger charge is 2.86. The predicted octanol–water partition coefficient (Wildman–Crippen LogP) is 3.94. The van der Waals surface area contributed by atoms with Gasteiger partial charge in [0.05, 0.1) is 28.4 Å². The number of nitrogens with zero attached hydrogens (tertiary/aromatic N) is 1. The number of rotatable bonds is 9. The molecule has 0 radical (unpaired) electrons. The lowest BCUT2D eigenvalue weighted by atomic mass is 9.59. The molecule has 13 heteroatoms. The number of ketones is 1. The van der Waals surface area contributed by atoms with Gasteiger partial charge in [-0.2, -0.15) is 0 Å². The van der Waals surface area contributed by atoms with Gasteiger partial charge in [0.15, 0.2) is 0 Å². The minimum Gasteiger partial charge on any atom is -0.462 e. The Labute approximate surface area is 297 Å². The Kier molecular flexibility index (Phi) is 10.0. The van der Waals surface area contributed by atoms with Crippen LogP contribution in [0.2, 0.25) is 0 Å². The smallest absolute Gasteiger partial charge is 0.339 e. The highest BCUT2D eigenvalue weighted by molar-refractivity contribution is 5.93. The van der Waals surface area contributed by atoms with Gasteiger partial charge >= 0.3 is 29.8 Å². The molecule has 4 aliphatic carbocycles. The molecule has 0 aliphatic heterocycles. The maximum atomic E-state index is 15.7. The summed E-state index contributed by atoms with van der Waals surface area (Å²) in [7, 11) is 0. The summed E-state index contributed by atoms with van der Waals surface area (Å²) in [4.78, 5) is 85.6. The Hall–Kier alpha value is -4.13. The molecule has 0 amide bonds. The molecule has 51 heavy (non-hydrogen) atoms. The summed E-state index contributed by atoms with van der Waals surface area (Å²) in [6, 6.07) is 3.06. The van der Waals surface area contributed by atoms with Crippen LogP contribution in [0.5, 0.6) is 0 Å². The summed E-state index contributed by atoms with van der Waals surface area (Å²) < 4.78 is 30.4. The molecular formula is C38H49NO12. The number of ether oxygens (including phenoxy) is 5. The molecule has 1 heterocycles. The number of fused-ring (bicyclic) bond motifs is 3. The molecule has 4 aliphatic rings. The van der Waals surface area contributed by atoms with Gasteiger partial charge in [-0.05, 0) is 45.2 Å². The third-order valence-corrected chi connectivity index (χ3v) is 12.1. The average Bonchev–Trinajstić information content (AvgIpc) is 3.37. The predicted molar refractivity (Wildman–Crippen MR) is 178 cm³/mol. The fourth-order valence-electron chi connectivity index (χ4n) is 9.77. The van der Waals surface area contributed by atoms with Gasteiger partial charge in [0.1, 0.15) is 36.3 Å². The summed E-state index contributed by atoms with van der Waals surface area (Å²) in [6.07, 6.45) is 0.366. The van der Waals surface area contributed by atoms with Gasteiger partial charge in [-0.25, -0.2) is 9.59 Å². The zero-order valence-corrected chi connectivity index (χ0v) is 30.7. The van der Waals surface area contributed by atoms with E-state index in [-0.39, 0.29) is 30.4 Å². The van der Waals surface area contributed by atoms with Crippen molar-refractivity contribution in [3.05, 3.63) is 41.7 Å². The molecule has 11 atom stereocenters. The molecule has 5 rings (SSSR count). The van der Waals surface area contributed by atoms with Gasteiger partial charge in [0, 0.05) is 61.9 Å². The number of carbonyl (C=O) groups is 6. The van der Waals surface area contributed by atoms with Crippen molar-refractivity contribution >= 4 is 35.6 Å². The zero-order chi connectivity index (χ0) is 37.8. The van der Waals surface area contributed by atoms with Crippen LogP contribution in [-0.4, -0.2) is 81.8 Å². The van der Waals surface area contributed by atoms with Gasteiger partial charge in [0.2, 0.25) is 0 Å². The normalized spacial score (nSPS) is 37.8. The molecule has 4 fully saturated rings. The van der Waals surface area contributed by atoms with Crippen LogP contribution < -0.4 is 0 Å². The number of carbonyl (C=O) groups excluding carboxylic acids is 6. The fourth-order valence-corrected chi connectivity index (χ4v) is 9.77. The number of allylic oxidation sites excluding steroid dienone is 1. The molecule has 4 saturated carbocycles. The summed E-state index contributed by atoms with van der Waals surface area (Å²) >= 11 is 0. The van der Waals surface area contributed by atoms with Crippen molar-refractivity contribution in [3.8, 4) is 0 Å². The number of pyridine rings is 1. The van der Waals surface area contributed by atoms with Crippen molar-refractivity contribution in [1.82, 2.24) is 4.98 Å². The van der Waals surface area contributed by atoms with E-state index < -0.39 is 112 Å². The number of esters is 5. The van der Waals surface area contributed by atoms with E-state index in [1.165, 1.54) is 39.2 Å². The molecule has 1 aromatic heterocycles. The van der Waals surface area contributed by atoms with Gasteiger partial charge in [-0.1, -0.05) is 33.8 Å². The molecule has 13 nitrogen and oxygen atoms in total. The Morgan fingerprint density at radius 1 is 1.00 bits per heavy atom. The first-order chi connectivity index (χ1) is 23.8. The molecule has 0 saturated heterocycles. The number of Topliss-reactive ketones (excluding diaryl/α,β-unsaturated/α-hetero) is 1. The molecule has 278 valence electrons. The number of aliphatic hydroxyl groups is 1. The van der Waals surface area contributed by atoms with Crippen LogP contribution in [0.3, 0.4) is 0 Å². The van der Waals surface area contributed by atoms with E-state index in [4.69, 9.17) is 23.7 Å². The maximum absolute atomic E-state index is 15.7. The second kappa shape index (κ2) is 13.4. The first-order valence-electron chi connectivity index (χ1n) is 17.5. The Morgan fingerprint density at radius 3 is 2.25 bits per heavy atom. The van der Waals surface area contributed by atoms with E-state index >= 15 is 4.79 Å². The first-order valence-corrected chi connectivity index (χ1v) is 17.5. The largest absolute Gasteiger partial charge is 0.462 e. The zero-order valence-electron chi connectivity index (χ0n) is 30.7. The second-order valence-corrected chi connectivity index (χ2v) is 15.4. The lowest BCUT2D eigenvalue weighted by Gasteiger charge is -2.48. The first kappa shape index (κ1) is 38.1. The lowest BCUT2D eigenvalue weighted by molar-refractivity contribution is -0.195. The van der Waals surface area contributed by atoms with E-state index in [0.717, 1.165) is 0 Å². The van der Waals surface area contributed by atoms with Gasteiger partial charge in [0.25, 0.3) is 0 Å². The van der Waals surface area contributed by atoms with Crippen molar-refractivity contribution in [1.29, 1.82) is 0 Å². The fraction of sp³-hybridized carbons (Fsp3) is 0.658. The minimum absolute atomic E-state index is 0.00604. The SMILES string of the molecule is C/C=C(/C)C(=O)O[C@@H]1C2[C@H](OC(=O)CC)[C@H](C)CC23C(=O)C(C2C(C)(C)[C@]2(OC(C)=O)C[C@]3(C)O)[C@@H](OC(C)=O)[C@@H]1COC(=O)c1cccnc1. The average molecular weight is 712 g/mol. The van der Waals surface area contributed by atoms with Crippen molar-refractivity contribution in [2.45, 2.75) is 111 Å². The summed E-state index contributed by atoms with van der Waals surface area (Å²) in [5.41, 5.74) is -5.60. The van der Waals surface area contributed by atoms with Crippen LogP contribution in [0.4, 0.5) is 0 Å². The van der Waals surface area contributed by atoms with Crippen LogP contribution in [0, 0.1) is 40.4 Å². The summed E-state index contributed by atoms with van der Waals surface area (Å²) in [5.74, 6) is -8.89. The quantitative estimate of drug-likeness (QED) is 0.221. The van der Waals surface area contributed by atoms with Crippen LogP contribution >= 0.6 is 0 Å². The van der Waals surface area contributed by atoms with Crippen LogP contribution in [-0.2, 0) is 47.7 Å². The molecule has 4 unspecified atom stereocenters. The summed E-state index contributed by atoms with van der Waals surface area (Å²) in [5, 5.41) is 12.9. The highest BCUT2D eigenvalue weighted by atomic mass is 16.6. The van der Waals surface area contributed by atoms with E-state index in [9.17, 15) is 29.1 Å². The van der Waals surface area contributed by atoms with Crippen molar-refractivity contribution in [2.24, 2.45) is 40.4 Å². The van der Waals surface area contributed by atoms with Crippen LogP contribution in [0.25, 0.3) is 0 Å². The van der Waals surface area contributed by atoms with Crippen LogP contribution in [0.1, 0.15) is 91.9 Å². The molecule has 0 aromatic carbocycles. The van der Waals surface area contributed by atoms with E-state index in [2.05, 4.69) is 4.98 Å². The lowest BCUT2D eigenvalue weighted by Crippen LogP contribution is -2.60. The third kappa shape index (κ3) is 6.04. The van der Waals surface area contributed by atoms with E-state index in [1.54, 1.807) is 39.8 Å². The molecule has 1 aromatic rings. The Balaban J connectivity index is 1.82. The monoisotopic (exact) mass is 711 g/mol. The second-order valence-electron chi connectivity index (χ2n) is 15.4. The van der Waals surface area contributed by atoms with E-state index in [1.807, 2.05) is 13.8 Å². The van der Waals surface area contributed by atoms with Crippen molar-refractivity contribution in [3.63, 3.8) is 0 Å². The number of hydrogen-bond acceptors (Lipinski definition) is 13.